The van der Waals surface area contributed by atoms with E-state index < -0.39 is 0 Å². The van der Waals surface area contributed by atoms with Gasteiger partial charge in [0, 0.05) is 0 Å². The molecule has 3 heteroatoms. The summed E-state index contributed by atoms with van der Waals surface area (Å²) in [4.78, 5) is 0. The summed E-state index contributed by atoms with van der Waals surface area (Å²) in [6.07, 6.45) is 16.4. The Kier molecular flexibility index (Phi) is 16.8. The maximum atomic E-state index is 9.90. The molecule has 0 aromatic carbocycles. The first-order chi connectivity index (χ1) is 11.6. The van der Waals surface area contributed by atoms with Gasteiger partial charge in [-0.05, 0) is 26.7 Å². The van der Waals surface area contributed by atoms with E-state index >= 15 is 0 Å². The maximum absolute atomic E-state index is 9.90. The quantitative estimate of drug-likeness (QED) is 0.176. The summed E-state index contributed by atoms with van der Waals surface area (Å²) in [5.41, 5.74) is 0. The molecular formula is C21H45ClNO+. The van der Waals surface area contributed by atoms with Gasteiger partial charge in [0.2, 0.25) is 0 Å². The molecule has 1 N–H and O–H groups in total. The molecule has 0 aromatic heterocycles. The Morgan fingerprint density at radius 1 is 0.708 bits per heavy atom. The van der Waals surface area contributed by atoms with E-state index in [0.717, 1.165) is 24.1 Å². The lowest BCUT2D eigenvalue weighted by Crippen LogP contribution is -2.52. The summed E-state index contributed by atoms with van der Waals surface area (Å²) < 4.78 is 1.02. The minimum absolute atomic E-state index is 0.358. The van der Waals surface area contributed by atoms with Crippen LogP contribution in [0.1, 0.15) is 97.8 Å². The molecule has 0 bridgehead atoms. The van der Waals surface area contributed by atoms with Gasteiger partial charge in [0.05, 0.1) is 25.5 Å². The molecule has 0 aliphatic heterocycles. The predicted molar refractivity (Wildman–Crippen MR) is 109 cm³/mol. The van der Waals surface area contributed by atoms with Gasteiger partial charge < -0.3 is 9.59 Å². The van der Waals surface area contributed by atoms with Gasteiger partial charge in [-0.2, -0.15) is 0 Å². The summed E-state index contributed by atoms with van der Waals surface area (Å²) in [6, 6.07) is 0. The van der Waals surface area contributed by atoms with Crippen LogP contribution in [0.3, 0.4) is 0 Å². The topological polar surface area (TPSA) is 20.2 Å². The van der Waals surface area contributed by atoms with Gasteiger partial charge in [0.25, 0.3) is 0 Å². The molecule has 1 atom stereocenters. The SMILES string of the molecule is CCCCCCCCCCCCCC[N+](CC)(CC)CC(O)CCl. The molecule has 146 valence electrons. The molecule has 0 aliphatic rings. The Morgan fingerprint density at radius 3 is 1.50 bits per heavy atom. The lowest BCUT2D eigenvalue weighted by atomic mass is 10.0. The molecule has 0 radical (unpaired) electrons. The largest absolute Gasteiger partial charge is 0.386 e. The van der Waals surface area contributed by atoms with Gasteiger partial charge in [-0.25, -0.2) is 0 Å². The molecule has 0 spiro atoms. The number of aliphatic hydroxyl groups excluding tert-OH is 1. The van der Waals surface area contributed by atoms with Crippen molar-refractivity contribution < 1.29 is 9.59 Å². The molecule has 2 nitrogen and oxygen atoms in total. The number of aliphatic hydroxyl groups is 1. The maximum Gasteiger partial charge on any atom is 0.116 e. The van der Waals surface area contributed by atoms with Gasteiger partial charge in [-0.15, -0.1) is 11.6 Å². The van der Waals surface area contributed by atoms with Crippen molar-refractivity contribution in [3.63, 3.8) is 0 Å². The Hall–Kier alpha value is 0.210. The van der Waals surface area contributed by atoms with Crippen LogP contribution in [-0.4, -0.2) is 47.8 Å². The van der Waals surface area contributed by atoms with E-state index in [1.165, 1.54) is 83.6 Å². The Bertz CT molecular complexity index is 256. The van der Waals surface area contributed by atoms with Gasteiger partial charge in [0.15, 0.2) is 0 Å². The van der Waals surface area contributed by atoms with Gasteiger partial charge >= 0.3 is 0 Å². The number of alkyl halides is 1. The molecule has 0 saturated carbocycles. The van der Waals surface area contributed by atoms with Crippen LogP contribution in [0.5, 0.6) is 0 Å². The Balaban J connectivity index is 3.58. The second-order valence-corrected chi connectivity index (χ2v) is 7.89. The Morgan fingerprint density at radius 2 is 1.12 bits per heavy atom. The third-order valence-electron chi connectivity index (χ3n) is 5.60. The van der Waals surface area contributed by atoms with Gasteiger partial charge in [-0.3, -0.25) is 0 Å². The van der Waals surface area contributed by atoms with E-state index in [4.69, 9.17) is 11.6 Å². The third-order valence-corrected chi connectivity index (χ3v) is 5.96. The molecule has 0 amide bonds. The van der Waals surface area contributed by atoms with Crippen molar-refractivity contribution in [2.24, 2.45) is 0 Å². The highest BCUT2D eigenvalue weighted by atomic mass is 35.5. The van der Waals surface area contributed by atoms with Crippen LogP contribution in [0, 0.1) is 0 Å². The van der Waals surface area contributed by atoms with E-state index in [0.29, 0.717) is 5.88 Å². The van der Waals surface area contributed by atoms with E-state index in [1.54, 1.807) is 0 Å². The zero-order chi connectivity index (χ0) is 18.1. The molecule has 1 unspecified atom stereocenters. The minimum Gasteiger partial charge on any atom is -0.386 e. The summed E-state index contributed by atoms with van der Waals surface area (Å²) in [5, 5.41) is 9.90. The average Bonchev–Trinajstić information content (AvgIpc) is 2.61. The normalized spacial score (nSPS) is 13.4. The average molecular weight is 363 g/mol. The highest BCUT2D eigenvalue weighted by Crippen LogP contribution is 2.15. The molecule has 0 rings (SSSR count). The van der Waals surface area contributed by atoms with Crippen molar-refractivity contribution in [1.82, 2.24) is 0 Å². The van der Waals surface area contributed by atoms with Crippen LogP contribution in [0.2, 0.25) is 0 Å². The zero-order valence-corrected chi connectivity index (χ0v) is 17.6. The van der Waals surface area contributed by atoms with Crippen molar-refractivity contribution >= 4 is 11.6 Å². The van der Waals surface area contributed by atoms with Gasteiger partial charge in [-0.1, -0.05) is 71.1 Å². The zero-order valence-electron chi connectivity index (χ0n) is 16.9. The first kappa shape index (κ1) is 24.2. The molecule has 0 heterocycles. The minimum atomic E-state index is -0.358. The molecule has 0 fully saturated rings. The fourth-order valence-corrected chi connectivity index (χ4v) is 3.77. The molecule has 24 heavy (non-hydrogen) atoms. The van der Waals surface area contributed by atoms with Crippen molar-refractivity contribution in [2.75, 3.05) is 32.1 Å². The third kappa shape index (κ3) is 12.6. The Labute approximate surface area is 157 Å². The van der Waals surface area contributed by atoms with Crippen LogP contribution in [0.4, 0.5) is 0 Å². The van der Waals surface area contributed by atoms with Crippen LogP contribution in [-0.2, 0) is 0 Å². The first-order valence-electron chi connectivity index (χ1n) is 10.7. The number of likely N-dealkylation sites (N-methyl/N-ethyl adjacent to an activating group) is 1. The second-order valence-electron chi connectivity index (χ2n) is 7.58. The lowest BCUT2D eigenvalue weighted by molar-refractivity contribution is -0.927. The van der Waals surface area contributed by atoms with E-state index in [9.17, 15) is 5.11 Å². The number of hydrogen-bond donors (Lipinski definition) is 1. The summed E-state index contributed by atoms with van der Waals surface area (Å²) in [5.74, 6) is 0.360. The van der Waals surface area contributed by atoms with Crippen molar-refractivity contribution in [2.45, 2.75) is 104 Å². The van der Waals surface area contributed by atoms with Gasteiger partial charge in [0.1, 0.15) is 12.6 Å². The fourth-order valence-electron chi connectivity index (χ4n) is 3.67. The number of halogens is 1. The standard InChI is InChI=1S/C21H45ClNO/c1-4-7-8-9-10-11-12-13-14-15-16-17-18-23(5-2,6-3)20-21(24)19-22/h21,24H,4-20H2,1-3H3/q+1. The number of hydrogen-bond acceptors (Lipinski definition) is 1. The lowest BCUT2D eigenvalue weighted by Gasteiger charge is -2.38. The van der Waals surface area contributed by atoms with E-state index in [2.05, 4.69) is 20.8 Å². The molecule has 0 aromatic rings. The van der Waals surface area contributed by atoms with Crippen molar-refractivity contribution in [3.05, 3.63) is 0 Å². The monoisotopic (exact) mass is 362 g/mol. The summed E-state index contributed by atoms with van der Waals surface area (Å²) in [7, 11) is 0. The number of quaternary nitrogens is 1. The molecule has 0 aliphatic carbocycles. The predicted octanol–water partition coefficient (Wildman–Crippen LogP) is 6.14. The summed E-state index contributed by atoms with van der Waals surface area (Å²) in [6.45, 7) is 11.0. The van der Waals surface area contributed by atoms with Crippen LogP contribution < -0.4 is 0 Å². The van der Waals surface area contributed by atoms with Crippen LogP contribution >= 0.6 is 11.6 Å². The van der Waals surface area contributed by atoms with Crippen molar-refractivity contribution in [3.8, 4) is 0 Å². The van der Waals surface area contributed by atoms with E-state index in [-0.39, 0.29) is 6.10 Å². The van der Waals surface area contributed by atoms with E-state index in [1.807, 2.05) is 0 Å². The first-order valence-corrected chi connectivity index (χ1v) is 11.3. The van der Waals surface area contributed by atoms with Crippen molar-refractivity contribution in [1.29, 1.82) is 0 Å². The van der Waals surface area contributed by atoms with Crippen LogP contribution in [0.25, 0.3) is 0 Å². The summed E-state index contributed by atoms with van der Waals surface area (Å²) >= 11 is 5.79. The second kappa shape index (κ2) is 16.7. The fraction of sp³-hybridized carbons (Fsp3) is 1.00. The molecular weight excluding hydrogens is 318 g/mol. The highest BCUT2D eigenvalue weighted by molar-refractivity contribution is 6.18. The number of nitrogens with zero attached hydrogens (tertiary/aromatic N) is 1. The van der Waals surface area contributed by atoms with Crippen LogP contribution in [0.15, 0.2) is 0 Å². The highest BCUT2D eigenvalue weighted by Gasteiger charge is 2.25. The number of unbranched alkanes of at least 4 members (excludes halogenated alkanes) is 11. The smallest absolute Gasteiger partial charge is 0.116 e. The molecule has 0 saturated heterocycles. The number of rotatable bonds is 18.